The fourth-order valence-electron chi connectivity index (χ4n) is 14.6. The predicted octanol–water partition coefficient (Wildman–Crippen LogP) is 23.0. The van der Waals surface area contributed by atoms with Gasteiger partial charge in [-0.1, -0.05) is 255 Å². The lowest BCUT2D eigenvalue weighted by molar-refractivity contribution is 0.670. The number of rotatable bonds is 10. The van der Waals surface area contributed by atoms with Crippen LogP contribution in [0.4, 0.5) is 34.1 Å². The van der Waals surface area contributed by atoms with Crippen molar-refractivity contribution in [1.82, 2.24) is 0 Å². The largest absolute Gasteiger partial charge is 0.453 e. The molecule has 0 saturated carbocycles. The van der Waals surface area contributed by atoms with E-state index < -0.39 is 5.41 Å². The van der Waals surface area contributed by atoms with Crippen LogP contribution in [0.1, 0.15) is 33.4 Å². The van der Waals surface area contributed by atoms with Crippen molar-refractivity contribution in [3.05, 3.63) is 337 Å². The SMILES string of the molecule is Cc1ccccc1-c1cccc2c1oc1c(N(c3ccccc3)c3cc4c(c5ccccc35)-c3c(cc(N(c5ccccc5)c5cccc6c5oc5c(-c7ccccc7C)cccc56)c5ccccc35)C4(c3ccccc3)c3ccccc3)cccc12. The first kappa shape index (κ1) is 50.3. The van der Waals surface area contributed by atoms with Crippen LogP contribution >= 0.6 is 0 Å². The van der Waals surface area contributed by atoms with E-state index in [4.69, 9.17) is 8.83 Å². The van der Waals surface area contributed by atoms with Crippen molar-refractivity contribution in [1.29, 1.82) is 0 Å². The molecule has 0 aliphatic heterocycles. The Kier molecular flexibility index (Phi) is 11.6. The monoisotopic (exact) mass is 1110 g/mol. The normalized spacial score (nSPS) is 12.6. The summed E-state index contributed by atoms with van der Waals surface area (Å²) < 4.78 is 14.7. The summed E-state index contributed by atoms with van der Waals surface area (Å²) in [6.07, 6.45) is 0. The molecule has 0 N–H and O–H groups in total. The van der Waals surface area contributed by atoms with Crippen LogP contribution in [0, 0.1) is 13.8 Å². The first-order valence-electron chi connectivity index (χ1n) is 30.0. The van der Waals surface area contributed by atoms with Crippen LogP contribution in [-0.4, -0.2) is 0 Å². The molecule has 0 unspecified atom stereocenters. The molecule has 410 valence electrons. The molecule has 16 aromatic rings. The minimum atomic E-state index is -0.850. The molecule has 2 heterocycles. The number of nitrogens with zero attached hydrogens (tertiary/aromatic N) is 2. The molecule has 87 heavy (non-hydrogen) atoms. The Morgan fingerprint density at radius 2 is 0.563 bits per heavy atom. The zero-order valence-electron chi connectivity index (χ0n) is 48.1. The van der Waals surface area contributed by atoms with Gasteiger partial charge in [0.25, 0.3) is 0 Å². The Morgan fingerprint density at radius 3 is 0.966 bits per heavy atom. The van der Waals surface area contributed by atoms with Gasteiger partial charge >= 0.3 is 0 Å². The van der Waals surface area contributed by atoms with Gasteiger partial charge in [-0.05, 0) is 129 Å². The zero-order valence-corrected chi connectivity index (χ0v) is 48.1. The quantitative estimate of drug-likeness (QED) is 0.137. The molecule has 2 aromatic heterocycles. The molecule has 0 saturated heterocycles. The third-order valence-corrected chi connectivity index (χ3v) is 18.4. The molecule has 0 amide bonds. The van der Waals surface area contributed by atoms with Gasteiger partial charge in [0.2, 0.25) is 0 Å². The van der Waals surface area contributed by atoms with Crippen molar-refractivity contribution < 1.29 is 8.83 Å². The van der Waals surface area contributed by atoms with Crippen LogP contribution in [0.2, 0.25) is 0 Å². The smallest absolute Gasteiger partial charge is 0.159 e. The number of para-hydroxylation sites is 6. The van der Waals surface area contributed by atoms with Crippen LogP contribution in [-0.2, 0) is 5.41 Å². The second-order valence-electron chi connectivity index (χ2n) is 23.1. The van der Waals surface area contributed by atoms with Crippen molar-refractivity contribution >= 4 is 99.5 Å². The summed E-state index contributed by atoms with van der Waals surface area (Å²) in [5, 5.41) is 8.85. The molecule has 17 rings (SSSR count). The van der Waals surface area contributed by atoms with E-state index in [9.17, 15) is 0 Å². The molecule has 0 spiro atoms. The molecule has 1 aliphatic carbocycles. The summed E-state index contributed by atoms with van der Waals surface area (Å²) in [7, 11) is 0. The van der Waals surface area contributed by atoms with Gasteiger partial charge in [-0.15, -0.1) is 0 Å². The Hall–Kier alpha value is -11.2. The first-order chi connectivity index (χ1) is 43.0. The van der Waals surface area contributed by atoms with Crippen molar-refractivity contribution in [3.8, 4) is 33.4 Å². The average molecular weight is 1110 g/mol. The number of furan rings is 2. The number of hydrogen-bond acceptors (Lipinski definition) is 4. The number of fused-ring (bicyclic) bond motifs is 13. The molecular formula is C83H56N2O2. The lowest BCUT2D eigenvalue weighted by Crippen LogP contribution is -2.29. The lowest BCUT2D eigenvalue weighted by Gasteiger charge is -2.36. The summed E-state index contributed by atoms with van der Waals surface area (Å²) in [4.78, 5) is 4.90. The summed E-state index contributed by atoms with van der Waals surface area (Å²) in [6, 6.07) is 111. The Morgan fingerprint density at radius 1 is 0.253 bits per heavy atom. The Labute approximate surface area is 504 Å². The average Bonchev–Trinajstić information content (AvgIpc) is 1.65. The fraction of sp³-hybridized carbons (Fsp3) is 0.0361. The molecule has 4 heteroatoms. The van der Waals surface area contributed by atoms with E-state index in [0.29, 0.717) is 0 Å². The minimum Gasteiger partial charge on any atom is -0.453 e. The van der Waals surface area contributed by atoms with Gasteiger partial charge in [0.1, 0.15) is 11.2 Å². The topological polar surface area (TPSA) is 32.8 Å². The fourth-order valence-corrected chi connectivity index (χ4v) is 14.6. The molecule has 0 radical (unpaired) electrons. The van der Waals surface area contributed by atoms with Gasteiger partial charge in [0, 0.05) is 54.8 Å². The Balaban J connectivity index is 0.980. The van der Waals surface area contributed by atoms with E-state index in [1.807, 2.05) is 0 Å². The molecule has 14 aromatic carbocycles. The van der Waals surface area contributed by atoms with Crippen molar-refractivity contribution in [2.24, 2.45) is 0 Å². The van der Waals surface area contributed by atoms with Gasteiger partial charge in [0.15, 0.2) is 11.2 Å². The lowest BCUT2D eigenvalue weighted by atomic mass is 9.67. The van der Waals surface area contributed by atoms with Crippen LogP contribution in [0.3, 0.4) is 0 Å². The first-order valence-corrected chi connectivity index (χ1v) is 30.0. The van der Waals surface area contributed by atoms with E-state index in [2.05, 4.69) is 327 Å². The van der Waals surface area contributed by atoms with Crippen LogP contribution < -0.4 is 9.80 Å². The number of aryl methyl sites for hydroxylation is 2. The summed E-state index contributed by atoms with van der Waals surface area (Å²) in [5.41, 5.74) is 22.6. The van der Waals surface area contributed by atoms with Gasteiger partial charge in [-0.25, -0.2) is 0 Å². The summed E-state index contributed by atoms with van der Waals surface area (Å²) >= 11 is 0. The Bertz CT molecular complexity index is 5040. The van der Waals surface area contributed by atoms with E-state index in [1.165, 1.54) is 44.5 Å². The summed E-state index contributed by atoms with van der Waals surface area (Å²) in [6.45, 7) is 4.35. The van der Waals surface area contributed by atoms with E-state index >= 15 is 0 Å². The molecule has 4 nitrogen and oxygen atoms in total. The zero-order chi connectivity index (χ0) is 57.7. The van der Waals surface area contributed by atoms with Crippen molar-refractivity contribution in [2.75, 3.05) is 9.80 Å². The third-order valence-electron chi connectivity index (χ3n) is 18.4. The maximum Gasteiger partial charge on any atom is 0.159 e. The van der Waals surface area contributed by atoms with Crippen LogP contribution in [0.15, 0.2) is 312 Å². The second kappa shape index (κ2) is 20.0. The standard InChI is InChI=1S/C83H56N2O2/c1-53-27-15-17-37-59(53)65-43-23-45-67-69-47-25-49-73(81(69)86-79(65)67)84(57-33-11-5-12-34-57)75-51-71-77(63-41-21-19-39-61(63)75)78-64-42-22-20-40-62(64)76(52-72(78)83(71,55-29-7-3-8-30-55)56-31-9-4-10-32-56)85(58-35-13-6-14-36-58)74-50-26-48-70-68-46-24-44-66(80(68)87-82(70)74)60-38-18-16-28-54(60)2/h3-52H,1-2H3. The van der Waals surface area contributed by atoms with E-state index in [-0.39, 0.29) is 0 Å². The molecule has 1 aliphatic rings. The summed E-state index contributed by atoms with van der Waals surface area (Å²) in [5.74, 6) is 0. The van der Waals surface area contributed by atoms with Crippen molar-refractivity contribution in [2.45, 2.75) is 19.3 Å². The predicted molar refractivity (Wildman–Crippen MR) is 363 cm³/mol. The van der Waals surface area contributed by atoms with Gasteiger partial charge < -0.3 is 18.6 Å². The second-order valence-corrected chi connectivity index (χ2v) is 23.1. The maximum atomic E-state index is 7.36. The number of hydrogen-bond donors (Lipinski definition) is 0. The van der Waals surface area contributed by atoms with Crippen LogP contribution in [0.25, 0.3) is 98.8 Å². The highest BCUT2D eigenvalue weighted by molar-refractivity contribution is 6.21. The van der Waals surface area contributed by atoms with Crippen molar-refractivity contribution in [3.63, 3.8) is 0 Å². The molecular weight excluding hydrogens is 1060 g/mol. The molecule has 0 atom stereocenters. The molecule has 0 bridgehead atoms. The number of benzene rings is 14. The number of anilines is 6. The maximum absolute atomic E-state index is 7.36. The van der Waals surface area contributed by atoms with Gasteiger partial charge in [-0.3, -0.25) is 0 Å². The highest BCUT2D eigenvalue weighted by atomic mass is 16.3. The third kappa shape index (κ3) is 7.57. The highest BCUT2D eigenvalue weighted by Gasteiger charge is 2.49. The van der Waals surface area contributed by atoms with E-state index in [1.54, 1.807) is 0 Å². The van der Waals surface area contributed by atoms with Crippen LogP contribution in [0.5, 0.6) is 0 Å². The molecule has 0 fully saturated rings. The van der Waals surface area contributed by atoms with E-state index in [0.717, 1.165) is 122 Å². The minimum absolute atomic E-state index is 0.824. The highest BCUT2D eigenvalue weighted by Crippen LogP contribution is 2.63. The van der Waals surface area contributed by atoms with Gasteiger partial charge in [0.05, 0.1) is 28.2 Å². The van der Waals surface area contributed by atoms with Gasteiger partial charge in [-0.2, -0.15) is 0 Å².